The molecule has 0 fully saturated rings. The number of hydrogen-bond donors (Lipinski definition) is 2. The topological polar surface area (TPSA) is 67.5 Å². The van der Waals surface area contributed by atoms with Crippen LogP contribution in [0.5, 0.6) is 0 Å². The van der Waals surface area contributed by atoms with Crippen LogP contribution in [0.2, 0.25) is 0 Å². The summed E-state index contributed by atoms with van der Waals surface area (Å²) >= 11 is 0. The minimum atomic E-state index is -0.445. The number of rotatable bonds is 3. The maximum absolute atomic E-state index is 12.6. The first-order valence-electron chi connectivity index (χ1n) is 6.50. The second kappa shape index (κ2) is 5.17. The van der Waals surface area contributed by atoms with Gasteiger partial charge in [-0.05, 0) is 5.56 Å². The average molecular weight is 265 g/mol. The standard InChI is InChI=1S/C16H15N3O/c17-16-18-13(11-7-3-1-4-8-11)14(19-16)15(20)12-9-5-2-6-10-12/h1-10,13-14H,(H3,17,18,19)/t13-,14-/m1/s1. The molecular formula is C16H15N3O. The fourth-order valence-electron chi connectivity index (χ4n) is 2.41. The number of carbonyl (C=O) groups is 1. The van der Waals surface area contributed by atoms with E-state index in [1.807, 2.05) is 48.5 Å². The molecule has 3 rings (SSSR count). The third-order valence-corrected chi connectivity index (χ3v) is 3.38. The molecule has 3 N–H and O–H groups in total. The second-order valence-electron chi connectivity index (χ2n) is 4.72. The maximum Gasteiger partial charge on any atom is 0.189 e. The molecule has 0 radical (unpaired) electrons. The molecule has 0 spiro atoms. The smallest absolute Gasteiger partial charge is 0.189 e. The summed E-state index contributed by atoms with van der Waals surface area (Å²) < 4.78 is 0. The molecule has 1 heterocycles. The van der Waals surface area contributed by atoms with Crippen molar-refractivity contribution in [3.63, 3.8) is 0 Å². The highest BCUT2D eigenvalue weighted by molar-refractivity contribution is 6.04. The van der Waals surface area contributed by atoms with Gasteiger partial charge in [-0.3, -0.25) is 4.79 Å². The fourth-order valence-corrected chi connectivity index (χ4v) is 2.41. The summed E-state index contributed by atoms with van der Waals surface area (Å²) in [5.74, 6) is 0.316. The van der Waals surface area contributed by atoms with Crippen molar-refractivity contribution in [3.05, 3.63) is 71.8 Å². The van der Waals surface area contributed by atoms with E-state index in [2.05, 4.69) is 10.3 Å². The highest BCUT2D eigenvalue weighted by Crippen LogP contribution is 2.26. The van der Waals surface area contributed by atoms with Gasteiger partial charge in [-0.15, -0.1) is 0 Å². The Hall–Kier alpha value is -2.62. The Labute approximate surface area is 117 Å². The molecule has 0 bridgehead atoms. The van der Waals surface area contributed by atoms with Gasteiger partial charge in [0.1, 0.15) is 12.1 Å². The van der Waals surface area contributed by atoms with Gasteiger partial charge in [0, 0.05) is 5.56 Å². The van der Waals surface area contributed by atoms with Gasteiger partial charge in [0.05, 0.1) is 0 Å². The lowest BCUT2D eigenvalue weighted by atomic mass is 9.94. The van der Waals surface area contributed by atoms with Gasteiger partial charge >= 0.3 is 0 Å². The van der Waals surface area contributed by atoms with E-state index in [9.17, 15) is 4.79 Å². The van der Waals surface area contributed by atoms with Crippen LogP contribution in [-0.4, -0.2) is 17.8 Å². The van der Waals surface area contributed by atoms with Crippen molar-refractivity contribution >= 4 is 11.7 Å². The molecule has 0 saturated heterocycles. The normalized spacial score (nSPS) is 21.1. The quantitative estimate of drug-likeness (QED) is 0.833. The van der Waals surface area contributed by atoms with Crippen molar-refractivity contribution in [1.29, 1.82) is 0 Å². The number of nitrogens with two attached hydrogens (primary N) is 1. The van der Waals surface area contributed by atoms with Crippen LogP contribution in [0.15, 0.2) is 65.7 Å². The van der Waals surface area contributed by atoms with Gasteiger partial charge in [-0.25, -0.2) is 4.99 Å². The SMILES string of the molecule is NC1=N[C@H](c2ccccc2)[C@H](C(=O)c2ccccc2)N1. The van der Waals surface area contributed by atoms with E-state index in [-0.39, 0.29) is 11.8 Å². The Morgan fingerprint density at radius 2 is 1.60 bits per heavy atom. The number of Topliss-reactive ketones (excluding diaryl/α,β-unsaturated/α-hetero) is 1. The minimum absolute atomic E-state index is 0.00338. The molecule has 2 atom stereocenters. The molecule has 2 aromatic carbocycles. The molecule has 0 amide bonds. The Bertz CT molecular complexity index is 637. The van der Waals surface area contributed by atoms with Crippen molar-refractivity contribution in [2.75, 3.05) is 0 Å². The Morgan fingerprint density at radius 1 is 1.00 bits per heavy atom. The van der Waals surface area contributed by atoms with Crippen LogP contribution in [0.1, 0.15) is 22.0 Å². The monoisotopic (exact) mass is 265 g/mol. The van der Waals surface area contributed by atoms with Crippen molar-refractivity contribution in [1.82, 2.24) is 5.32 Å². The van der Waals surface area contributed by atoms with Gasteiger partial charge in [-0.1, -0.05) is 60.7 Å². The second-order valence-corrected chi connectivity index (χ2v) is 4.72. The number of guanidine groups is 1. The Kier molecular flexibility index (Phi) is 3.21. The highest BCUT2D eigenvalue weighted by atomic mass is 16.1. The molecule has 2 aromatic rings. The van der Waals surface area contributed by atoms with E-state index in [4.69, 9.17) is 5.73 Å². The highest BCUT2D eigenvalue weighted by Gasteiger charge is 2.34. The Morgan fingerprint density at radius 3 is 2.25 bits per heavy atom. The van der Waals surface area contributed by atoms with Crippen molar-refractivity contribution < 1.29 is 4.79 Å². The Balaban J connectivity index is 1.92. The molecule has 20 heavy (non-hydrogen) atoms. The number of hydrogen-bond acceptors (Lipinski definition) is 4. The van der Waals surface area contributed by atoms with Gasteiger partial charge < -0.3 is 11.1 Å². The maximum atomic E-state index is 12.6. The summed E-state index contributed by atoms with van der Waals surface area (Å²) in [6, 6.07) is 18.2. The first-order chi connectivity index (χ1) is 9.75. The van der Waals surface area contributed by atoms with Crippen LogP contribution in [0.3, 0.4) is 0 Å². The summed E-state index contributed by atoms with van der Waals surface area (Å²) in [6.07, 6.45) is 0. The number of carbonyl (C=O) groups excluding carboxylic acids is 1. The number of benzene rings is 2. The third kappa shape index (κ3) is 2.28. The fraction of sp³-hybridized carbons (Fsp3) is 0.125. The molecule has 0 unspecified atom stereocenters. The number of aliphatic imine (C=N–C) groups is 1. The predicted molar refractivity (Wildman–Crippen MR) is 78.5 cm³/mol. The lowest BCUT2D eigenvalue weighted by molar-refractivity contribution is 0.0945. The number of nitrogens with zero attached hydrogens (tertiary/aromatic N) is 1. The zero-order chi connectivity index (χ0) is 13.9. The van der Waals surface area contributed by atoms with Crippen LogP contribution in [0.25, 0.3) is 0 Å². The molecular weight excluding hydrogens is 250 g/mol. The molecule has 0 aromatic heterocycles. The number of nitrogens with one attached hydrogen (secondary N) is 1. The van der Waals surface area contributed by atoms with Crippen LogP contribution >= 0.6 is 0 Å². The van der Waals surface area contributed by atoms with E-state index in [0.29, 0.717) is 11.5 Å². The van der Waals surface area contributed by atoms with Gasteiger partial charge in [0.25, 0.3) is 0 Å². The van der Waals surface area contributed by atoms with Crippen LogP contribution in [0.4, 0.5) is 0 Å². The average Bonchev–Trinajstić information content (AvgIpc) is 2.90. The molecule has 0 aliphatic carbocycles. The van der Waals surface area contributed by atoms with E-state index >= 15 is 0 Å². The third-order valence-electron chi connectivity index (χ3n) is 3.38. The summed E-state index contributed by atoms with van der Waals surface area (Å²) in [4.78, 5) is 16.9. The summed E-state index contributed by atoms with van der Waals surface area (Å²) in [5, 5.41) is 2.98. The van der Waals surface area contributed by atoms with E-state index in [0.717, 1.165) is 5.56 Å². The van der Waals surface area contributed by atoms with Gasteiger partial charge in [0.2, 0.25) is 0 Å². The molecule has 4 heteroatoms. The molecule has 0 saturated carbocycles. The first-order valence-corrected chi connectivity index (χ1v) is 6.50. The van der Waals surface area contributed by atoms with E-state index in [1.165, 1.54) is 0 Å². The molecule has 1 aliphatic heterocycles. The molecule has 1 aliphatic rings. The van der Waals surface area contributed by atoms with Gasteiger partial charge in [0.15, 0.2) is 11.7 Å². The minimum Gasteiger partial charge on any atom is -0.370 e. The van der Waals surface area contributed by atoms with E-state index in [1.54, 1.807) is 12.1 Å². The van der Waals surface area contributed by atoms with Gasteiger partial charge in [-0.2, -0.15) is 0 Å². The predicted octanol–water partition coefficient (Wildman–Crippen LogP) is 1.90. The van der Waals surface area contributed by atoms with E-state index < -0.39 is 6.04 Å². The lowest BCUT2D eigenvalue weighted by Gasteiger charge is -2.17. The summed E-state index contributed by atoms with van der Waals surface area (Å²) in [6.45, 7) is 0. The van der Waals surface area contributed by atoms with Crippen molar-refractivity contribution in [3.8, 4) is 0 Å². The largest absolute Gasteiger partial charge is 0.370 e. The zero-order valence-corrected chi connectivity index (χ0v) is 10.9. The number of ketones is 1. The zero-order valence-electron chi connectivity index (χ0n) is 10.9. The first kappa shape index (κ1) is 12.4. The van der Waals surface area contributed by atoms with Crippen LogP contribution in [0, 0.1) is 0 Å². The summed E-state index contributed by atoms with van der Waals surface area (Å²) in [5.41, 5.74) is 7.40. The lowest BCUT2D eigenvalue weighted by Crippen LogP contribution is -2.41. The summed E-state index contributed by atoms with van der Waals surface area (Å²) in [7, 11) is 0. The molecule has 4 nitrogen and oxygen atoms in total. The van der Waals surface area contributed by atoms with Crippen molar-refractivity contribution in [2.24, 2.45) is 10.7 Å². The molecule has 100 valence electrons. The van der Waals surface area contributed by atoms with Crippen LogP contribution in [-0.2, 0) is 0 Å². The van der Waals surface area contributed by atoms with Crippen molar-refractivity contribution in [2.45, 2.75) is 12.1 Å². The van der Waals surface area contributed by atoms with Crippen LogP contribution < -0.4 is 11.1 Å².